The number of amides is 1. The number of nitrogens with one attached hydrogen (secondary N) is 2. The van der Waals surface area contributed by atoms with Gasteiger partial charge in [0.25, 0.3) is 0 Å². The van der Waals surface area contributed by atoms with Gasteiger partial charge in [-0.1, -0.05) is 39.7 Å². The molecule has 0 heterocycles. The number of hydrogen-bond acceptors (Lipinski definition) is 3. The molecule has 0 fully saturated rings. The minimum Gasteiger partial charge on any atom is -0.489 e. The van der Waals surface area contributed by atoms with Crippen LogP contribution in [0.4, 0.5) is 11.4 Å². The summed E-state index contributed by atoms with van der Waals surface area (Å²) in [6.07, 6.45) is 0. The number of carbonyl (C=O) groups is 1. The third-order valence-electron chi connectivity index (χ3n) is 3.99. The lowest BCUT2D eigenvalue weighted by Gasteiger charge is -2.14. The zero-order chi connectivity index (χ0) is 19.9. The van der Waals surface area contributed by atoms with Crippen molar-refractivity contribution in [2.45, 2.75) is 20.1 Å². The second-order valence-corrected chi connectivity index (χ2v) is 7.63. The molecule has 0 bridgehead atoms. The van der Waals surface area contributed by atoms with Crippen molar-refractivity contribution in [2.75, 3.05) is 10.6 Å². The monoisotopic (exact) mass is 458 g/mol. The van der Waals surface area contributed by atoms with Crippen LogP contribution >= 0.6 is 27.5 Å². The second-order valence-electron chi connectivity index (χ2n) is 6.28. The summed E-state index contributed by atoms with van der Waals surface area (Å²) in [5, 5.41) is 6.83. The van der Waals surface area contributed by atoms with Gasteiger partial charge in [-0.05, 0) is 60.2 Å². The number of carbonyl (C=O) groups excluding carboxylic acids is 1. The van der Waals surface area contributed by atoms with E-state index in [1.165, 1.54) is 6.92 Å². The van der Waals surface area contributed by atoms with E-state index in [2.05, 4.69) is 26.6 Å². The van der Waals surface area contributed by atoms with Crippen molar-refractivity contribution in [1.82, 2.24) is 0 Å². The molecule has 6 heteroatoms. The fourth-order valence-corrected chi connectivity index (χ4v) is 3.31. The Balaban J connectivity index is 1.66. The fourth-order valence-electron chi connectivity index (χ4n) is 2.69. The number of rotatable bonds is 7. The van der Waals surface area contributed by atoms with Gasteiger partial charge in [-0.25, -0.2) is 0 Å². The predicted octanol–water partition coefficient (Wildman–Crippen LogP) is 6.25. The Hall–Kier alpha value is -2.50. The maximum absolute atomic E-state index is 11.1. The second kappa shape index (κ2) is 9.62. The number of benzene rings is 3. The largest absolute Gasteiger partial charge is 0.489 e. The average Bonchev–Trinajstić information content (AvgIpc) is 2.66. The molecule has 0 radical (unpaired) electrons. The molecule has 0 unspecified atom stereocenters. The lowest BCUT2D eigenvalue weighted by molar-refractivity contribution is -0.114. The molecule has 3 aromatic rings. The Morgan fingerprint density at radius 2 is 1.79 bits per heavy atom. The van der Waals surface area contributed by atoms with E-state index in [0.717, 1.165) is 32.7 Å². The average molecular weight is 460 g/mol. The zero-order valence-corrected chi connectivity index (χ0v) is 17.7. The molecular weight excluding hydrogens is 440 g/mol. The van der Waals surface area contributed by atoms with Crippen LogP contribution < -0.4 is 15.4 Å². The van der Waals surface area contributed by atoms with Crippen molar-refractivity contribution < 1.29 is 9.53 Å². The van der Waals surface area contributed by atoms with Gasteiger partial charge in [0.2, 0.25) is 5.91 Å². The first-order valence-corrected chi connectivity index (χ1v) is 9.94. The van der Waals surface area contributed by atoms with Crippen LogP contribution in [0.1, 0.15) is 18.1 Å². The standard InChI is InChI=1S/C22H20BrClN2O2/c1-15(27)26-21-8-6-20(7-9-21)25-13-17-12-18(23)5-10-22(17)28-14-16-3-2-4-19(24)11-16/h2-12,25H,13-14H2,1H3,(H,26,27). The van der Waals surface area contributed by atoms with Crippen LogP contribution in [-0.4, -0.2) is 5.91 Å². The van der Waals surface area contributed by atoms with E-state index in [1.54, 1.807) is 0 Å². The zero-order valence-electron chi connectivity index (χ0n) is 15.3. The number of anilines is 2. The summed E-state index contributed by atoms with van der Waals surface area (Å²) in [5.74, 6) is 0.724. The molecule has 144 valence electrons. The van der Waals surface area contributed by atoms with Crippen molar-refractivity contribution in [2.24, 2.45) is 0 Å². The van der Waals surface area contributed by atoms with Gasteiger partial charge in [0.05, 0.1) is 0 Å². The summed E-state index contributed by atoms with van der Waals surface area (Å²) in [7, 11) is 0. The van der Waals surface area contributed by atoms with Gasteiger partial charge >= 0.3 is 0 Å². The summed E-state index contributed by atoms with van der Waals surface area (Å²) >= 11 is 9.56. The van der Waals surface area contributed by atoms with Crippen molar-refractivity contribution in [3.8, 4) is 5.75 Å². The highest BCUT2D eigenvalue weighted by atomic mass is 79.9. The molecule has 0 atom stereocenters. The molecule has 28 heavy (non-hydrogen) atoms. The van der Waals surface area contributed by atoms with Gasteiger partial charge in [0.15, 0.2) is 0 Å². The molecule has 0 aromatic heterocycles. The highest BCUT2D eigenvalue weighted by molar-refractivity contribution is 9.10. The normalized spacial score (nSPS) is 10.4. The molecule has 2 N–H and O–H groups in total. The molecule has 4 nitrogen and oxygen atoms in total. The molecule has 0 aliphatic carbocycles. The molecule has 0 spiro atoms. The van der Waals surface area contributed by atoms with Crippen LogP contribution in [0.15, 0.2) is 71.2 Å². The molecule has 3 aromatic carbocycles. The van der Waals surface area contributed by atoms with Crippen LogP contribution in [0.2, 0.25) is 5.02 Å². The van der Waals surface area contributed by atoms with Gasteiger partial charge < -0.3 is 15.4 Å². The minimum atomic E-state index is -0.0867. The predicted molar refractivity (Wildman–Crippen MR) is 118 cm³/mol. The SMILES string of the molecule is CC(=O)Nc1ccc(NCc2cc(Br)ccc2OCc2cccc(Cl)c2)cc1. The summed E-state index contributed by atoms with van der Waals surface area (Å²) in [6.45, 7) is 2.54. The Labute approximate surface area is 178 Å². The van der Waals surface area contributed by atoms with Gasteiger partial charge in [0, 0.05) is 39.9 Å². The molecule has 0 saturated carbocycles. The lowest BCUT2D eigenvalue weighted by atomic mass is 10.2. The number of hydrogen-bond donors (Lipinski definition) is 2. The highest BCUT2D eigenvalue weighted by Gasteiger charge is 2.06. The van der Waals surface area contributed by atoms with Crippen molar-refractivity contribution in [1.29, 1.82) is 0 Å². The Kier molecular flexibility index (Phi) is 6.95. The molecule has 0 saturated heterocycles. The molecule has 1 amide bonds. The first-order chi connectivity index (χ1) is 13.5. The van der Waals surface area contributed by atoms with E-state index in [9.17, 15) is 4.79 Å². The van der Waals surface area contributed by atoms with Crippen LogP contribution in [0.25, 0.3) is 0 Å². The molecular formula is C22H20BrClN2O2. The smallest absolute Gasteiger partial charge is 0.221 e. The van der Waals surface area contributed by atoms with Gasteiger partial charge in [-0.3, -0.25) is 4.79 Å². The van der Waals surface area contributed by atoms with E-state index < -0.39 is 0 Å². The van der Waals surface area contributed by atoms with Gasteiger partial charge in [-0.15, -0.1) is 0 Å². The van der Waals surface area contributed by atoms with Crippen molar-refractivity contribution in [3.63, 3.8) is 0 Å². The maximum atomic E-state index is 11.1. The van der Waals surface area contributed by atoms with Gasteiger partial charge in [0.1, 0.15) is 12.4 Å². The third-order valence-corrected chi connectivity index (χ3v) is 4.72. The van der Waals surface area contributed by atoms with Crippen LogP contribution in [0, 0.1) is 0 Å². The topological polar surface area (TPSA) is 50.4 Å². The summed E-state index contributed by atoms with van der Waals surface area (Å²) in [5.41, 5.74) is 3.77. The summed E-state index contributed by atoms with van der Waals surface area (Å²) in [4.78, 5) is 11.1. The maximum Gasteiger partial charge on any atom is 0.221 e. The summed E-state index contributed by atoms with van der Waals surface area (Å²) < 4.78 is 7.00. The van der Waals surface area contributed by atoms with Crippen LogP contribution in [0.3, 0.4) is 0 Å². The van der Waals surface area contributed by atoms with Crippen molar-refractivity contribution in [3.05, 3.63) is 87.4 Å². The van der Waals surface area contributed by atoms with Crippen molar-refractivity contribution >= 4 is 44.8 Å². The number of ether oxygens (including phenoxy) is 1. The van der Waals surface area contributed by atoms with Crippen LogP contribution in [0.5, 0.6) is 5.75 Å². The first kappa shape index (κ1) is 20.2. The van der Waals surface area contributed by atoms with Crippen LogP contribution in [-0.2, 0) is 17.9 Å². The Morgan fingerprint density at radius 3 is 2.50 bits per heavy atom. The quantitative estimate of drug-likeness (QED) is 0.439. The van der Waals surface area contributed by atoms with E-state index >= 15 is 0 Å². The molecule has 0 aliphatic rings. The lowest BCUT2D eigenvalue weighted by Crippen LogP contribution is -2.06. The van der Waals surface area contributed by atoms with E-state index in [-0.39, 0.29) is 5.91 Å². The van der Waals surface area contributed by atoms with E-state index in [1.807, 2.05) is 66.7 Å². The Bertz CT molecular complexity index is 961. The van der Waals surface area contributed by atoms with Gasteiger partial charge in [-0.2, -0.15) is 0 Å². The fraction of sp³-hybridized carbons (Fsp3) is 0.136. The van der Waals surface area contributed by atoms with E-state index in [4.69, 9.17) is 16.3 Å². The minimum absolute atomic E-state index is 0.0867. The third kappa shape index (κ3) is 6.01. The first-order valence-electron chi connectivity index (χ1n) is 8.77. The Morgan fingerprint density at radius 1 is 1.04 bits per heavy atom. The molecule has 0 aliphatic heterocycles. The molecule has 3 rings (SSSR count). The van der Waals surface area contributed by atoms with E-state index in [0.29, 0.717) is 18.2 Å². The summed E-state index contributed by atoms with van der Waals surface area (Å²) in [6, 6.07) is 21.2. The number of halogens is 2. The highest BCUT2D eigenvalue weighted by Crippen LogP contribution is 2.26.